The Morgan fingerprint density at radius 1 is 1.26 bits per heavy atom. The van der Waals surface area contributed by atoms with E-state index in [4.69, 9.17) is 24.4 Å². The number of H-pyrrole nitrogens is 1. The molecule has 0 aromatic carbocycles. The number of hydrogen-bond acceptors (Lipinski definition) is 3. The fourth-order valence-electron chi connectivity index (χ4n) is 1.55. The zero-order valence-corrected chi connectivity index (χ0v) is 12.6. The molecule has 19 heavy (non-hydrogen) atoms. The Bertz CT molecular complexity index is 584. The fraction of sp³-hybridized carbons (Fsp3) is 0.154. The molecule has 3 nitrogen and oxygen atoms in total. The maximum Gasteiger partial charge on any atom is 0.113 e. The predicted molar refractivity (Wildman–Crippen MR) is 86.5 cm³/mol. The summed E-state index contributed by atoms with van der Waals surface area (Å²) in [6.07, 6.45) is 4.42. The van der Waals surface area contributed by atoms with Crippen LogP contribution in [0.5, 0.6) is 0 Å². The van der Waals surface area contributed by atoms with Gasteiger partial charge in [-0.2, -0.15) is 0 Å². The fourth-order valence-corrected chi connectivity index (χ4v) is 2.12. The lowest BCUT2D eigenvalue weighted by molar-refractivity contribution is 0.848. The van der Waals surface area contributed by atoms with Gasteiger partial charge in [-0.15, -0.1) is 12.4 Å². The molecule has 6 heteroatoms. The van der Waals surface area contributed by atoms with Gasteiger partial charge < -0.3 is 10.3 Å². The SMILES string of the molecule is Cl.S=C(NCCc1ccccn1)c1ccc[nH]c1=S. The monoisotopic (exact) mass is 311 g/mol. The smallest absolute Gasteiger partial charge is 0.113 e. The highest BCUT2D eigenvalue weighted by Gasteiger charge is 2.02. The number of pyridine rings is 2. The summed E-state index contributed by atoms with van der Waals surface area (Å²) in [4.78, 5) is 7.89. The first-order valence-corrected chi connectivity index (χ1v) is 6.45. The van der Waals surface area contributed by atoms with E-state index in [1.165, 1.54) is 0 Å². The molecule has 0 saturated heterocycles. The van der Waals surface area contributed by atoms with Crippen LogP contribution in [0.25, 0.3) is 0 Å². The van der Waals surface area contributed by atoms with Gasteiger partial charge in [0.05, 0.1) is 0 Å². The molecule has 0 saturated carbocycles. The van der Waals surface area contributed by atoms with Gasteiger partial charge in [0, 0.05) is 36.6 Å². The molecule has 2 rings (SSSR count). The first kappa shape index (κ1) is 15.8. The highest BCUT2D eigenvalue weighted by Crippen LogP contribution is 2.01. The summed E-state index contributed by atoms with van der Waals surface area (Å²) in [5, 5.41) is 3.19. The van der Waals surface area contributed by atoms with E-state index in [1.807, 2.05) is 30.3 Å². The van der Waals surface area contributed by atoms with E-state index < -0.39 is 0 Å². The first-order valence-electron chi connectivity index (χ1n) is 5.63. The zero-order valence-electron chi connectivity index (χ0n) is 10.1. The minimum Gasteiger partial charge on any atom is -0.375 e. The lowest BCUT2D eigenvalue weighted by Gasteiger charge is -2.07. The Morgan fingerprint density at radius 2 is 2.11 bits per heavy atom. The molecule has 2 N–H and O–H groups in total. The molecule has 2 aromatic heterocycles. The number of rotatable bonds is 4. The number of nitrogens with one attached hydrogen (secondary N) is 2. The molecule has 0 atom stereocenters. The molecular weight excluding hydrogens is 298 g/mol. The van der Waals surface area contributed by atoms with Gasteiger partial charge in [0.2, 0.25) is 0 Å². The molecule has 0 aliphatic heterocycles. The minimum atomic E-state index is 0. The largest absolute Gasteiger partial charge is 0.375 e. The number of aromatic amines is 1. The summed E-state index contributed by atoms with van der Waals surface area (Å²) in [5.74, 6) is 0. The van der Waals surface area contributed by atoms with Gasteiger partial charge in [0.1, 0.15) is 9.63 Å². The van der Waals surface area contributed by atoms with Crippen molar-refractivity contribution in [1.82, 2.24) is 15.3 Å². The van der Waals surface area contributed by atoms with Crippen LogP contribution in [-0.4, -0.2) is 21.5 Å². The number of thiocarbonyl (C=S) groups is 1. The molecule has 0 fully saturated rings. The van der Waals surface area contributed by atoms with Crippen molar-refractivity contribution >= 4 is 41.8 Å². The highest BCUT2D eigenvalue weighted by atomic mass is 35.5. The highest BCUT2D eigenvalue weighted by molar-refractivity contribution is 7.80. The average molecular weight is 312 g/mol. The maximum atomic E-state index is 5.31. The van der Waals surface area contributed by atoms with Gasteiger partial charge in [0.15, 0.2) is 0 Å². The first-order chi connectivity index (χ1) is 8.77. The second-order valence-electron chi connectivity index (χ2n) is 3.74. The molecule has 100 valence electrons. The molecule has 0 spiro atoms. The molecule has 2 heterocycles. The molecule has 2 aromatic rings. The van der Waals surface area contributed by atoms with Gasteiger partial charge in [-0.1, -0.05) is 30.5 Å². The molecule has 0 amide bonds. The quantitative estimate of drug-likeness (QED) is 0.852. The number of halogens is 1. The van der Waals surface area contributed by atoms with Crippen molar-refractivity contribution in [3.8, 4) is 0 Å². The molecule has 0 aliphatic carbocycles. The summed E-state index contributed by atoms with van der Waals surface area (Å²) in [5.41, 5.74) is 1.91. The van der Waals surface area contributed by atoms with Crippen molar-refractivity contribution in [1.29, 1.82) is 0 Å². The number of nitrogens with zero attached hydrogens (tertiary/aromatic N) is 1. The normalized spacial score (nSPS) is 9.47. The Balaban J connectivity index is 0.00000180. The van der Waals surface area contributed by atoms with Crippen LogP contribution in [0, 0.1) is 4.64 Å². The summed E-state index contributed by atoms with van der Waals surface area (Å²) in [7, 11) is 0. The summed E-state index contributed by atoms with van der Waals surface area (Å²) in [6.45, 7) is 0.750. The third kappa shape index (κ3) is 4.70. The van der Waals surface area contributed by atoms with Crippen molar-refractivity contribution in [2.24, 2.45) is 0 Å². The van der Waals surface area contributed by atoms with Crippen molar-refractivity contribution in [3.63, 3.8) is 0 Å². The van der Waals surface area contributed by atoms with Crippen LogP contribution in [0.4, 0.5) is 0 Å². The van der Waals surface area contributed by atoms with Gasteiger partial charge in [-0.05, 0) is 24.3 Å². The van der Waals surface area contributed by atoms with E-state index in [-0.39, 0.29) is 12.4 Å². The van der Waals surface area contributed by atoms with Crippen molar-refractivity contribution in [3.05, 3.63) is 58.6 Å². The molecular formula is C13H14ClN3S2. The van der Waals surface area contributed by atoms with Crippen LogP contribution in [0.2, 0.25) is 0 Å². The Kier molecular flexibility index (Phi) is 6.62. The summed E-state index contributed by atoms with van der Waals surface area (Å²) in [6, 6.07) is 9.69. The van der Waals surface area contributed by atoms with Gasteiger partial charge in [-0.25, -0.2) is 0 Å². The predicted octanol–water partition coefficient (Wildman–Crippen LogP) is 3.07. The van der Waals surface area contributed by atoms with E-state index >= 15 is 0 Å². The van der Waals surface area contributed by atoms with Gasteiger partial charge >= 0.3 is 0 Å². The van der Waals surface area contributed by atoms with Gasteiger partial charge in [-0.3, -0.25) is 4.98 Å². The third-order valence-corrected chi connectivity index (χ3v) is 3.16. The van der Waals surface area contributed by atoms with E-state index in [2.05, 4.69) is 15.3 Å². The lowest BCUT2D eigenvalue weighted by atomic mass is 10.2. The second-order valence-corrected chi connectivity index (χ2v) is 4.56. The Morgan fingerprint density at radius 3 is 2.79 bits per heavy atom. The average Bonchev–Trinajstić information content (AvgIpc) is 2.40. The molecule has 0 radical (unpaired) electrons. The maximum absolute atomic E-state index is 5.31. The number of aromatic nitrogens is 2. The summed E-state index contributed by atoms with van der Waals surface area (Å²) >= 11 is 10.5. The van der Waals surface area contributed by atoms with Crippen LogP contribution in [0.1, 0.15) is 11.3 Å². The molecule has 0 unspecified atom stereocenters. The Hall–Kier alpha value is -1.30. The van der Waals surface area contributed by atoms with Crippen molar-refractivity contribution in [2.45, 2.75) is 6.42 Å². The zero-order chi connectivity index (χ0) is 12.8. The van der Waals surface area contributed by atoms with Crippen LogP contribution in [0.3, 0.4) is 0 Å². The van der Waals surface area contributed by atoms with E-state index in [1.54, 1.807) is 12.4 Å². The Labute approximate surface area is 128 Å². The second kappa shape index (κ2) is 7.99. The molecule has 0 aliphatic rings. The lowest BCUT2D eigenvalue weighted by Crippen LogP contribution is -2.25. The molecule has 0 bridgehead atoms. The third-order valence-electron chi connectivity index (χ3n) is 2.46. The minimum absolute atomic E-state index is 0. The van der Waals surface area contributed by atoms with E-state index in [0.717, 1.165) is 24.2 Å². The van der Waals surface area contributed by atoms with Crippen LogP contribution in [-0.2, 0) is 6.42 Å². The van der Waals surface area contributed by atoms with Crippen LogP contribution >= 0.6 is 36.8 Å². The number of hydrogen-bond donors (Lipinski definition) is 2. The van der Waals surface area contributed by atoms with Crippen molar-refractivity contribution in [2.75, 3.05) is 6.54 Å². The van der Waals surface area contributed by atoms with Crippen LogP contribution < -0.4 is 5.32 Å². The van der Waals surface area contributed by atoms with Crippen molar-refractivity contribution < 1.29 is 0 Å². The van der Waals surface area contributed by atoms with Crippen LogP contribution in [0.15, 0.2) is 42.7 Å². The van der Waals surface area contributed by atoms with E-state index in [0.29, 0.717) is 9.63 Å². The summed E-state index contributed by atoms with van der Waals surface area (Å²) < 4.78 is 0.660. The van der Waals surface area contributed by atoms with E-state index in [9.17, 15) is 0 Å². The topological polar surface area (TPSA) is 40.7 Å². The standard InChI is InChI=1S/C13H13N3S2.ClH/c17-12-11(5-3-8-15-12)13(18)16-9-6-10-4-1-2-7-14-10;/h1-5,7-8H,6,9H2,(H,15,17)(H,16,18);1H. The van der Waals surface area contributed by atoms with Gasteiger partial charge in [0.25, 0.3) is 0 Å².